The van der Waals surface area contributed by atoms with E-state index < -0.39 is 0 Å². The second-order valence-corrected chi connectivity index (χ2v) is 4.31. The van der Waals surface area contributed by atoms with Crippen LogP contribution in [0.2, 0.25) is 0 Å². The van der Waals surface area contributed by atoms with Gasteiger partial charge < -0.3 is 5.32 Å². The third kappa shape index (κ3) is 2.96. The van der Waals surface area contributed by atoms with E-state index in [0.29, 0.717) is 5.56 Å². The zero-order valence-electron chi connectivity index (χ0n) is 10.8. The molecule has 0 unspecified atom stereocenters. The van der Waals surface area contributed by atoms with Gasteiger partial charge in [-0.1, -0.05) is 12.1 Å². The fourth-order valence-corrected chi connectivity index (χ4v) is 1.68. The highest BCUT2D eigenvalue weighted by Crippen LogP contribution is 2.17. The Kier molecular flexibility index (Phi) is 3.58. The van der Waals surface area contributed by atoms with E-state index in [1.165, 1.54) is 12.3 Å². The van der Waals surface area contributed by atoms with Gasteiger partial charge in [-0.25, -0.2) is 0 Å². The van der Waals surface area contributed by atoms with Crippen LogP contribution in [0.4, 0.5) is 5.69 Å². The highest BCUT2D eigenvalue weighted by molar-refractivity contribution is 6.03. The summed E-state index contributed by atoms with van der Waals surface area (Å²) in [6.45, 7) is 3.89. The van der Waals surface area contributed by atoms with E-state index in [2.05, 4.69) is 10.3 Å². The summed E-state index contributed by atoms with van der Waals surface area (Å²) < 4.78 is 0. The number of nitrogens with one attached hydrogen (secondary N) is 1. The maximum atomic E-state index is 12.1. The molecular weight excluding hydrogens is 238 g/mol. The monoisotopic (exact) mass is 251 g/mol. The van der Waals surface area contributed by atoms with E-state index in [-0.39, 0.29) is 11.6 Å². The van der Waals surface area contributed by atoms with Crippen LogP contribution in [0.1, 0.15) is 27.2 Å². The molecule has 19 heavy (non-hydrogen) atoms. The van der Waals surface area contributed by atoms with Crippen molar-refractivity contribution >= 4 is 11.6 Å². The van der Waals surface area contributed by atoms with Gasteiger partial charge in [0, 0.05) is 11.9 Å². The van der Waals surface area contributed by atoms with E-state index in [4.69, 9.17) is 5.26 Å². The van der Waals surface area contributed by atoms with Crippen molar-refractivity contribution in [3.8, 4) is 6.07 Å². The Labute approximate surface area is 111 Å². The lowest BCUT2D eigenvalue weighted by Gasteiger charge is -2.09. The highest BCUT2D eigenvalue weighted by Gasteiger charge is 2.09. The van der Waals surface area contributed by atoms with Crippen LogP contribution in [-0.4, -0.2) is 10.9 Å². The lowest BCUT2D eigenvalue weighted by molar-refractivity contribution is 0.102. The maximum Gasteiger partial charge on any atom is 0.274 e. The molecule has 0 spiro atoms. The van der Waals surface area contributed by atoms with Gasteiger partial charge in [-0.3, -0.25) is 9.78 Å². The van der Waals surface area contributed by atoms with Gasteiger partial charge in [-0.05, 0) is 43.2 Å². The average molecular weight is 251 g/mol. The molecule has 0 saturated heterocycles. The molecule has 0 bridgehead atoms. The van der Waals surface area contributed by atoms with Crippen LogP contribution in [-0.2, 0) is 0 Å². The van der Waals surface area contributed by atoms with Gasteiger partial charge in [0.2, 0.25) is 0 Å². The summed E-state index contributed by atoms with van der Waals surface area (Å²) in [7, 11) is 0. The lowest BCUT2D eigenvalue weighted by Crippen LogP contribution is -2.14. The summed E-state index contributed by atoms with van der Waals surface area (Å²) in [5.74, 6) is -0.314. The molecule has 1 aromatic carbocycles. The minimum absolute atomic E-state index is 0.236. The van der Waals surface area contributed by atoms with E-state index in [9.17, 15) is 4.79 Å². The summed E-state index contributed by atoms with van der Waals surface area (Å²) in [6.07, 6.45) is 1.45. The molecule has 94 valence electrons. The van der Waals surface area contributed by atoms with E-state index in [1.54, 1.807) is 6.07 Å². The largest absolute Gasteiger partial charge is 0.320 e. The van der Waals surface area contributed by atoms with E-state index in [1.807, 2.05) is 38.1 Å². The van der Waals surface area contributed by atoms with Crippen molar-refractivity contribution in [2.24, 2.45) is 0 Å². The molecule has 0 aliphatic heterocycles. The summed E-state index contributed by atoms with van der Waals surface area (Å²) in [5.41, 5.74) is 3.46. The Balaban J connectivity index is 2.26. The Bertz CT molecular complexity index is 671. The third-order valence-electron chi connectivity index (χ3n) is 2.76. The number of hydrogen-bond acceptors (Lipinski definition) is 3. The van der Waals surface area contributed by atoms with Gasteiger partial charge in [0.1, 0.15) is 5.69 Å². The van der Waals surface area contributed by atoms with E-state index in [0.717, 1.165) is 16.8 Å². The first kappa shape index (κ1) is 12.8. The Morgan fingerprint density at radius 2 is 2.05 bits per heavy atom. The molecular formula is C15H13N3O. The summed E-state index contributed by atoms with van der Waals surface area (Å²) in [5, 5.41) is 11.6. The van der Waals surface area contributed by atoms with Crippen molar-refractivity contribution in [1.82, 2.24) is 4.98 Å². The number of hydrogen-bond donors (Lipinski definition) is 1. The van der Waals surface area contributed by atoms with Gasteiger partial charge in [0.15, 0.2) is 0 Å². The van der Waals surface area contributed by atoms with Crippen molar-refractivity contribution in [3.05, 3.63) is 58.9 Å². The lowest BCUT2D eigenvalue weighted by atomic mass is 10.1. The number of pyridine rings is 1. The smallest absolute Gasteiger partial charge is 0.274 e. The van der Waals surface area contributed by atoms with Crippen molar-refractivity contribution in [2.75, 3.05) is 5.32 Å². The van der Waals surface area contributed by atoms with Crippen molar-refractivity contribution < 1.29 is 4.79 Å². The van der Waals surface area contributed by atoms with Crippen molar-refractivity contribution in [1.29, 1.82) is 5.26 Å². The number of nitriles is 1. The minimum atomic E-state index is -0.314. The van der Waals surface area contributed by atoms with Crippen LogP contribution in [0.5, 0.6) is 0 Å². The highest BCUT2D eigenvalue weighted by atomic mass is 16.1. The molecule has 1 heterocycles. The first-order valence-electron chi connectivity index (χ1n) is 5.85. The van der Waals surface area contributed by atoms with Crippen molar-refractivity contribution in [2.45, 2.75) is 13.8 Å². The molecule has 0 fully saturated rings. The predicted octanol–water partition coefficient (Wildman–Crippen LogP) is 2.82. The number of nitrogens with zero attached hydrogens (tertiary/aromatic N) is 2. The molecule has 0 radical (unpaired) electrons. The number of carbonyl (C=O) groups excluding carboxylic acids is 1. The molecule has 2 rings (SSSR count). The number of aromatic nitrogens is 1. The Hall–Kier alpha value is -2.67. The number of rotatable bonds is 2. The van der Waals surface area contributed by atoms with Crippen LogP contribution in [0.15, 0.2) is 36.5 Å². The number of aryl methyl sites for hydroxylation is 2. The standard InChI is InChI=1S/C15H13N3O/c1-10-3-4-11(2)13(7-10)18-15(19)14-8-12(9-16)5-6-17-14/h3-8H,1-2H3,(H,18,19). The zero-order chi connectivity index (χ0) is 13.8. The molecule has 1 amide bonds. The van der Waals surface area contributed by atoms with Crippen LogP contribution in [0.3, 0.4) is 0 Å². The number of anilines is 1. The Morgan fingerprint density at radius 3 is 2.79 bits per heavy atom. The summed E-state index contributed by atoms with van der Waals surface area (Å²) in [6, 6.07) is 10.9. The molecule has 4 heteroatoms. The first-order valence-corrected chi connectivity index (χ1v) is 5.85. The second kappa shape index (κ2) is 5.32. The minimum Gasteiger partial charge on any atom is -0.320 e. The van der Waals surface area contributed by atoms with Gasteiger partial charge in [-0.2, -0.15) is 5.26 Å². The molecule has 1 aromatic heterocycles. The quantitative estimate of drug-likeness (QED) is 0.892. The van der Waals surface area contributed by atoms with Crippen molar-refractivity contribution in [3.63, 3.8) is 0 Å². The van der Waals surface area contributed by atoms with Gasteiger partial charge in [0.05, 0.1) is 11.6 Å². The fourth-order valence-electron chi connectivity index (χ4n) is 1.68. The summed E-state index contributed by atoms with van der Waals surface area (Å²) >= 11 is 0. The molecule has 0 atom stereocenters. The van der Waals surface area contributed by atoms with Gasteiger partial charge in [-0.15, -0.1) is 0 Å². The average Bonchev–Trinajstić information content (AvgIpc) is 2.43. The number of benzene rings is 1. The molecule has 4 nitrogen and oxygen atoms in total. The molecule has 0 aliphatic carbocycles. The zero-order valence-corrected chi connectivity index (χ0v) is 10.8. The molecule has 1 N–H and O–H groups in total. The normalized spacial score (nSPS) is 9.74. The van der Waals surface area contributed by atoms with Crippen LogP contribution in [0.25, 0.3) is 0 Å². The third-order valence-corrected chi connectivity index (χ3v) is 2.76. The first-order chi connectivity index (χ1) is 9.10. The van der Waals surface area contributed by atoms with E-state index >= 15 is 0 Å². The van der Waals surface area contributed by atoms with Crippen LogP contribution >= 0.6 is 0 Å². The predicted molar refractivity (Wildman–Crippen MR) is 72.8 cm³/mol. The molecule has 0 aliphatic rings. The maximum absolute atomic E-state index is 12.1. The molecule has 0 saturated carbocycles. The molecule has 2 aromatic rings. The SMILES string of the molecule is Cc1ccc(C)c(NC(=O)c2cc(C#N)ccn2)c1. The fraction of sp³-hybridized carbons (Fsp3) is 0.133. The van der Waals surface area contributed by atoms with Gasteiger partial charge in [0.25, 0.3) is 5.91 Å². The number of carbonyl (C=O) groups is 1. The second-order valence-electron chi connectivity index (χ2n) is 4.31. The topological polar surface area (TPSA) is 65.8 Å². The number of amides is 1. The Morgan fingerprint density at radius 1 is 1.26 bits per heavy atom. The van der Waals surface area contributed by atoms with Crippen LogP contribution < -0.4 is 5.32 Å². The van der Waals surface area contributed by atoms with Gasteiger partial charge >= 0.3 is 0 Å². The van der Waals surface area contributed by atoms with Crippen LogP contribution in [0, 0.1) is 25.2 Å². The summed E-state index contributed by atoms with van der Waals surface area (Å²) in [4.78, 5) is 16.0.